The van der Waals surface area contributed by atoms with E-state index in [1.807, 2.05) is 29.7 Å². The van der Waals surface area contributed by atoms with Crippen LogP contribution in [0.4, 0.5) is 4.39 Å². The number of nitrogens with one attached hydrogen (secondary N) is 1. The van der Waals surface area contributed by atoms with Crippen molar-refractivity contribution in [3.05, 3.63) is 52.5 Å². The van der Waals surface area contributed by atoms with Crippen LogP contribution in [0.5, 0.6) is 5.75 Å². The maximum Gasteiger partial charge on any atom is 0.182 e. The van der Waals surface area contributed by atoms with Crippen molar-refractivity contribution in [2.24, 2.45) is 0 Å². The number of nitrogens with zero attached hydrogens (tertiary/aromatic N) is 1. The second-order valence-corrected chi connectivity index (χ2v) is 4.94. The maximum absolute atomic E-state index is 13.9. The van der Waals surface area contributed by atoms with Gasteiger partial charge in [0.25, 0.3) is 0 Å². The Balaban J connectivity index is 2.30. The zero-order chi connectivity index (χ0) is 14.3. The molecule has 3 rings (SSSR count). The van der Waals surface area contributed by atoms with Crippen LogP contribution in [0.2, 0.25) is 0 Å². The second kappa shape index (κ2) is 4.76. The van der Waals surface area contributed by atoms with E-state index in [1.54, 1.807) is 12.1 Å². The molecule has 0 saturated carbocycles. The first-order valence-corrected chi connectivity index (χ1v) is 6.57. The molecule has 0 amide bonds. The van der Waals surface area contributed by atoms with E-state index in [9.17, 15) is 4.39 Å². The fraction of sp³-hybridized carbons (Fsp3) is 0.133. The number of H-pyrrole nitrogens is 1. The van der Waals surface area contributed by atoms with Crippen molar-refractivity contribution in [1.82, 2.24) is 9.55 Å². The monoisotopic (exact) mass is 288 g/mol. The Kier molecular flexibility index (Phi) is 3.06. The van der Waals surface area contributed by atoms with Crippen LogP contribution in [-0.4, -0.2) is 16.7 Å². The van der Waals surface area contributed by atoms with Gasteiger partial charge in [-0.05, 0) is 42.9 Å². The molecule has 102 valence electrons. The average Bonchev–Trinajstić information content (AvgIpc) is 2.76. The van der Waals surface area contributed by atoms with Crippen molar-refractivity contribution < 1.29 is 9.13 Å². The summed E-state index contributed by atoms with van der Waals surface area (Å²) in [6, 6.07) is 10.7. The highest BCUT2D eigenvalue weighted by Crippen LogP contribution is 2.25. The number of benzene rings is 2. The zero-order valence-corrected chi connectivity index (χ0v) is 11.9. The molecule has 3 nitrogen and oxygen atoms in total. The molecule has 0 aliphatic carbocycles. The number of ether oxygens (including phenoxy) is 1. The van der Waals surface area contributed by atoms with E-state index >= 15 is 0 Å². The van der Waals surface area contributed by atoms with Crippen LogP contribution in [0, 0.1) is 17.5 Å². The predicted octanol–water partition coefficient (Wildman–Crippen LogP) is 4.14. The summed E-state index contributed by atoms with van der Waals surface area (Å²) in [4.78, 5) is 3.17. The van der Waals surface area contributed by atoms with Gasteiger partial charge in [0.05, 0.1) is 23.8 Å². The van der Waals surface area contributed by atoms with Gasteiger partial charge in [0.2, 0.25) is 0 Å². The number of imidazole rings is 1. The molecule has 2 aromatic carbocycles. The quantitative estimate of drug-likeness (QED) is 0.718. The fourth-order valence-electron chi connectivity index (χ4n) is 2.32. The first-order valence-electron chi connectivity index (χ1n) is 6.16. The summed E-state index contributed by atoms with van der Waals surface area (Å²) in [6.45, 7) is 2.01. The highest BCUT2D eigenvalue weighted by molar-refractivity contribution is 7.71. The Labute approximate surface area is 120 Å². The summed E-state index contributed by atoms with van der Waals surface area (Å²) in [6.07, 6.45) is 0. The van der Waals surface area contributed by atoms with Crippen molar-refractivity contribution in [1.29, 1.82) is 0 Å². The van der Waals surface area contributed by atoms with Gasteiger partial charge in [0.15, 0.2) is 16.3 Å². The SMILES string of the molecule is COc1ccc(-n2c(=S)[nH]c3c(C)cccc32)cc1F. The smallest absolute Gasteiger partial charge is 0.182 e. The van der Waals surface area contributed by atoms with E-state index in [-0.39, 0.29) is 5.75 Å². The van der Waals surface area contributed by atoms with Crippen LogP contribution in [-0.2, 0) is 0 Å². The fourth-order valence-corrected chi connectivity index (χ4v) is 2.63. The van der Waals surface area contributed by atoms with Crippen molar-refractivity contribution in [2.75, 3.05) is 7.11 Å². The molecule has 0 bridgehead atoms. The minimum atomic E-state index is -0.408. The van der Waals surface area contributed by atoms with Crippen molar-refractivity contribution in [2.45, 2.75) is 6.92 Å². The minimum absolute atomic E-state index is 0.219. The standard InChI is InChI=1S/C15H13FN2OS/c1-9-4-3-5-12-14(9)17-15(20)18(12)10-6-7-13(19-2)11(16)8-10/h3-8H,1-2H3,(H,17,20). The van der Waals surface area contributed by atoms with E-state index in [0.717, 1.165) is 16.6 Å². The molecule has 1 N–H and O–H groups in total. The molecule has 0 aliphatic heterocycles. The number of hydrogen-bond acceptors (Lipinski definition) is 2. The molecule has 0 saturated heterocycles. The molecule has 1 aromatic heterocycles. The predicted molar refractivity (Wildman–Crippen MR) is 79.7 cm³/mol. The van der Waals surface area contributed by atoms with Gasteiger partial charge in [-0.1, -0.05) is 12.1 Å². The Hall–Kier alpha value is -2.14. The van der Waals surface area contributed by atoms with Gasteiger partial charge in [-0.3, -0.25) is 4.57 Å². The number of aromatic nitrogens is 2. The van der Waals surface area contributed by atoms with E-state index in [0.29, 0.717) is 10.5 Å². The lowest BCUT2D eigenvalue weighted by atomic mass is 10.2. The molecule has 0 spiro atoms. The Bertz CT molecular complexity index is 851. The van der Waals surface area contributed by atoms with Crippen LogP contribution >= 0.6 is 12.2 Å². The second-order valence-electron chi connectivity index (χ2n) is 4.55. The number of para-hydroxylation sites is 1. The van der Waals surface area contributed by atoms with Crippen LogP contribution in [0.3, 0.4) is 0 Å². The molecule has 0 radical (unpaired) electrons. The number of rotatable bonds is 2. The summed E-state index contributed by atoms with van der Waals surface area (Å²) in [5, 5.41) is 0. The Morgan fingerprint density at radius 3 is 2.75 bits per heavy atom. The number of fused-ring (bicyclic) bond motifs is 1. The molecule has 0 fully saturated rings. The zero-order valence-electron chi connectivity index (χ0n) is 11.1. The number of halogens is 1. The molecule has 20 heavy (non-hydrogen) atoms. The van der Waals surface area contributed by atoms with Gasteiger partial charge in [0.1, 0.15) is 0 Å². The van der Waals surface area contributed by atoms with Gasteiger partial charge in [-0.15, -0.1) is 0 Å². The first kappa shape index (κ1) is 12.9. The Morgan fingerprint density at radius 2 is 2.05 bits per heavy atom. The highest BCUT2D eigenvalue weighted by atomic mass is 32.1. The molecular weight excluding hydrogens is 275 g/mol. The lowest BCUT2D eigenvalue weighted by molar-refractivity contribution is 0.386. The summed E-state index contributed by atoms with van der Waals surface area (Å²) >= 11 is 5.35. The van der Waals surface area contributed by atoms with Crippen LogP contribution in [0.25, 0.3) is 16.7 Å². The van der Waals surface area contributed by atoms with Crippen LogP contribution < -0.4 is 4.74 Å². The van der Waals surface area contributed by atoms with Gasteiger partial charge in [-0.2, -0.15) is 0 Å². The number of methoxy groups -OCH3 is 1. The van der Waals surface area contributed by atoms with Gasteiger partial charge >= 0.3 is 0 Å². The van der Waals surface area contributed by atoms with Crippen LogP contribution in [0.15, 0.2) is 36.4 Å². The average molecular weight is 288 g/mol. The third kappa shape index (κ3) is 1.91. The molecule has 0 atom stereocenters. The first-order chi connectivity index (χ1) is 9.61. The third-order valence-electron chi connectivity index (χ3n) is 3.32. The topological polar surface area (TPSA) is 29.9 Å². The third-order valence-corrected chi connectivity index (χ3v) is 3.60. The normalized spacial score (nSPS) is 10.9. The summed E-state index contributed by atoms with van der Waals surface area (Å²) < 4.78 is 21.2. The number of hydrogen-bond donors (Lipinski definition) is 1. The molecule has 3 aromatic rings. The van der Waals surface area contributed by atoms with Gasteiger partial charge in [0, 0.05) is 6.07 Å². The van der Waals surface area contributed by atoms with Crippen molar-refractivity contribution in [3.63, 3.8) is 0 Å². The highest BCUT2D eigenvalue weighted by Gasteiger charge is 2.10. The number of aryl methyl sites for hydroxylation is 1. The maximum atomic E-state index is 13.9. The summed E-state index contributed by atoms with van der Waals surface area (Å²) in [5.74, 6) is -0.190. The summed E-state index contributed by atoms with van der Waals surface area (Å²) in [7, 11) is 1.44. The van der Waals surface area contributed by atoms with Crippen molar-refractivity contribution >= 4 is 23.3 Å². The van der Waals surface area contributed by atoms with E-state index in [4.69, 9.17) is 17.0 Å². The van der Waals surface area contributed by atoms with Crippen molar-refractivity contribution in [3.8, 4) is 11.4 Å². The lowest BCUT2D eigenvalue weighted by Gasteiger charge is -2.07. The van der Waals surface area contributed by atoms with Gasteiger partial charge in [-0.25, -0.2) is 4.39 Å². The van der Waals surface area contributed by atoms with E-state index in [2.05, 4.69) is 4.98 Å². The lowest BCUT2D eigenvalue weighted by Crippen LogP contribution is -1.96. The van der Waals surface area contributed by atoms with Crippen LogP contribution in [0.1, 0.15) is 5.56 Å². The Morgan fingerprint density at radius 1 is 1.25 bits per heavy atom. The van der Waals surface area contributed by atoms with E-state index < -0.39 is 5.82 Å². The number of aromatic amines is 1. The molecular formula is C15H13FN2OS. The summed E-state index contributed by atoms with van der Waals surface area (Å²) in [5.41, 5.74) is 3.67. The largest absolute Gasteiger partial charge is 0.494 e. The molecule has 0 aliphatic rings. The molecule has 0 unspecified atom stereocenters. The molecule has 1 heterocycles. The van der Waals surface area contributed by atoms with Gasteiger partial charge < -0.3 is 9.72 Å². The molecule has 5 heteroatoms. The minimum Gasteiger partial charge on any atom is -0.494 e. The van der Waals surface area contributed by atoms with E-state index in [1.165, 1.54) is 13.2 Å².